The third kappa shape index (κ3) is 8.44. The molecule has 0 radical (unpaired) electrons. The van der Waals surface area contributed by atoms with E-state index in [0.29, 0.717) is 4.83 Å². The molecular weight excluding hydrogens is 178 g/mol. The Labute approximate surface area is 66.3 Å². The predicted octanol–water partition coefficient (Wildman–Crippen LogP) is 2.02. The molecule has 0 aromatic heterocycles. The lowest BCUT2D eigenvalue weighted by Gasteiger charge is -2.07. The van der Waals surface area contributed by atoms with Crippen LogP contribution in [-0.2, 0) is 0 Å². The third-order valence-electron chi connectivity index (χ3n) is 0.978. The Balaban J connectivity index is 2.91. The van der Waals surface area contributed by atoms with Crippen LogP contribution >= 0.6 is 15.9 Å². The second-order valence-electron chi connectivity index (χ2n) is 2.83. The van der Waals surface area contributed by atoms with Gasteiger partial charge in [-0.3, -0.25) is 0 Å². The minimum Gasteiger partial charge on any atom is -0.315 e. The number of rotatable bonds is 4. The normalized spacial score (nSPS) is 14.3. The van der Waals surface area contributed by atoms with Gasteiger partial charge in [-0.15, -0.1) is 0 Å². The minimum absolute atomic E-state index is 0.594. The standard InChI is InChI=1S/C7H16BrN/c1-6(2)4-9-5-7(3)8/h6-7,9H,4-5H2,1-3H3/t7-/m0/s1. The zero-order chi connectivity index (χ0) is 7.28. The highest BCUT2D eigenvalue weighted by Gasteiger charge is 1.95. The Morgan fingerprint density at radius 2 is 1.78 bits per heavy atom. The molecule has 0 unspecified atom stereocenters. The summed E-state index contributed by atoms with van der Waals surface area (Å²) in [6, 6.07) is 0. The molecule has 2 heteroatoms. The second kappa shape index (κ2) is 5.24. The zero-order valence-electron chi connectivity index (χ0n) is 6.45. The molecule has 0 aliphatic carbocycles. The van der Waals surface area contributed by atoms with Crippen LogP contribution in [0, 0.1) is 5.92 Å². The topological polar surface area (TPSA) is 12.0 Å². The first-order valence-corrected chi connectivity index (χ1v) is 4.39. The molecule has 56 valence electrons. The summed E-state index contributed by atoms with van der Waals surface area (Å²) in [4.78, 5) is 0.594. The van der Waals surface area contributed by atoms with Crippen LogP contribution in [0.15, 0.2) is 0 Å². The number of hydrogen-bond donors (Lipinski definition) is 1. The molecular formula is C7H16BrN. The summed E-state index contributed by atoms with van der Waals surface area (Å²) in [5.41, 5.74) is 0. The van der Waals surface area contributed by atoms with Crippen molar-refractivity contribution in [2.75, 3.05) is 13.1 Å². The van der Waals surface area contributed by atoms with E-state index in [4.69, 9.17) is 0 Å². The molecule has 0 saturated carbocycles. The van der Waals surface area contributed by atoms with Gasteiger partial charge in [-0.05, 0) is 12.5 Å². The Bertz CT molecular complexity index is 53.9. The summed E-state index contributed by atoms with van der Waals surface area (Å²) in [6.45, 7) is 8.76. The predicted molar refractivity (Wildman–Crippen MR) is 46.1 cm³/mol. The minimum atomic E-state index is 0.594. The quantitative estimate of drug-likeness (QED) is 0.675. The number of hydrogen-bond acceptors (Lipinski definition) is 1. The average molecular weight is 194 g/mol. The van der Waals surface area contributed by atoms with Gasteiger partial charge in [0.1, 0.15) is 0 Å². The van der Waals surface area contributed by atoms with Crippen LogP contribution in [0.4, 0.5) is 0 Å². The summed E-state index contributed by atoms with van der Waals surface area (Å²) in [5.74, 6) is 0.760. The van der Waals surface area contributed by atoms with Crippen molar-refractivity contribution in [2.45, 2.75) is 25.6 Å². The molecule has 1 atom stereocenters. The van der Waals surface area contributed by atoms with Gasteiger partial charge < -0.3 is 5.32 Å². The van der Waals surface area contributed by atoms with Crippen LogP contribution in [0.25, 0.3) is 0 Å². The molecule has 0 aromatic rings. The van der Waals surface area contributed by atoms with E-state index in [1.165, 1.54) is 0 Å². The molecule has 0 bridgehead atoms. The fourth-order valence-electron chi connectivity index (χ4n) is 0.571. The Morgan fingerprint density at radius 3 is 2.11 bits per heavy atom. The van der Waals surface area contributed by atoms with Gasteiger partial charge in [-0.2, -0.15) is 0 Å². The Hall–Kier alpha value is 0.440. The van der Waals surface area contributed by atoms with Crippen molar-refractivity contribution in [3.05, 3.63) is 0 Å². The summed E-state index contributed by atoms with van der Waals surface area (Å²) in [7, 11) is 0. The van der Waals surface area contributed by atoms with E-state index < -0.39 is 0 Å². The lowest BCUT2D eigenvalue weighted by Crippen LogP contribution is -2.24. The SMILES string of the molecule is CC(C)CNC[C@H](C)Br. The molecule has 0 spiro atoms. The maximum absolute atomic E-state index is 3.46. The van der Waals surface area contributed by atoms with E-state index in [-0.39, 0.29) is 0 Å². The first kappa shape index (κ1) is 9.44. The van der Waals surface area contributed by atoms with Crippen LogP contribution in [0.5, 0.6) is 0 Å². The largest absolute Gasteiger partial charge is 0.315 e. The van der Waals surface area contributed by atoms with Crippen molar-refractivity contribution in [2.24, 2.45) is 5.92 Å². The van der Waals surface area contributed by atoms with Crippen molar-refractivity contribution < 1.29 is 0 Å². The van der Waals surface area contributed by atoms with Crippen molar-refractivity contribution in [3.63, 3.8) is 0 Å². The maximum Gasteiger partial charge on any atom is 0.0242 e. The van der Waals surface area contributed by atoms with Crippen LogP contribution in [0.3, 0.4) is 0 Å². The summed E-state index contributed by atoms with van der Waals surface area (Å²) >= 11 is 3.46. The van der Waals surface area contributed by atoms with Gasteiger partial charge >= 0.3 is 0 Å². The Kier molecular flexibility index (Phi) is 5.50. The van der Waals surface area contributed by atoms with E-state index in [1.54, 1.807) is 0 Å². The van der Waals surface area contributed by atoms with Crippen molar-refractivity contribution in [1.29, 1.82) is 0 Å². The summed E-state index contributed by atoms with van der Waals surface area (Å²) < 4.78 is 0. The zero-order valence-corrected chi connectivity index (χ0v) is 8.03. The van der Waals surface area contributed by atoms with Crippen molar-refractivity contribution in [3.8, 4) is 0 Å². The Morgan fingerprint density at radius 1 is 1.22 bits per heavy atom. The molecule has 1 N–H and O–H groups in total. The highest BCUT2D eigenvalue weighted by atomic mass is 79.9. The van der Waals surface area contributed by atoms with Gasteiger partial charge in [-0.1, -0.05) is 36.7 Å². The van der Waals surface area contributed by atoms with Crippen LogP contribution in [0.2, 0.25) is 0 Å². The molecule has 0 fully saturated rings. The molecule has 9 heavy (non-hydrogen) atoms. The smallest absolute Gasteiger partial charge is 0.0242 e. The lowest BCUT2D eigenvalue weighted by molar-refractivity contribution is 0.555. The highest BCUT2D eigenvalue weighted by Crippen LogP contribution is 1.94. The fraction of sp³-hybridized carbons (Fsp3) is 1.00. The van der Waals surface area contributed by atoms with Crippen LogP contribution in [-0.4, -0.2) is 17.9 Å². The maximum atomic E-state index is 3.46. The van der Waals surface area contributed by atoms with Gasteiger partial charge in [-0.25, -0.2) is 0 Å². The average Bonchev–Trinajstić information content (AvgIpc) is 1.63. The molecule has 0 aliphatic rings. The van der Waals surface area contributed by atoms with Crippen LogP contribution in [0.1, 0.15) is 20.8 Å². The van der Waals surface area contributed by atoms with E-state index >= 15 is 0 Å². The highest BCUT2D eigenvalue weighted by molar-refractivity contribution is 9.09. The van der Waals surface area contributed by atoms with Gasteiger partial charge in [0.25, 0.3) is 0 Å². The molecule has 0 heterocycles. The third-order valence-corrected chi connectivity index (χ3v) is 1.30. The van der Waals surface area contributed by atoms with Gasteiger partial charge in [0.05, 0.1) is 0 Å². The molecule has 0 aliphatic heterocycles. The number of alkyl halides is 1. The first-order chi connectivity index (χ1) is 4.13. The lowest BCUT2D eigenvalue weighted by atomic mass is 10.2. The van der Waals surface area contributed by atoms with E-state index in [0.717, 1.165) is 19.0 Å². The molecule has 0 aromatic carbocycles. The number of halogens is 1. The molecule has 0 amide bonds. The first-order valence-electron chi connectivity index (χ1n) is 3.47. The molecule has 1 nitrogen and oxygen atoms in total. The van der Waals surface area contributed by atoms with Crippen molar-refractivity contribution >= 4 is 15.9 Å². The second-order valence-corrected chi connectivity index (χ2v) is 4.40. The van der Waals surface area contributed by atoms with Gasteiger partial charge in [0.15, 0.2) is 0 Å². The van der Waals surface area contributed by atoms with Gasteiger partial charge in [0.2, 0.25) is 0 Å². The van der Waals surface area contributed by atoms with E-state index in [9.17, 15) is 0 Å². The summed E-state index contributed by atoms with van der Waals surface area (Å²) in [5, 5.41) is 3.34. The van der Waals surface area contributed by atoms with E-state index in [2.05, 4.69) is 42.0 Å². The molecule has 0 saturated heterocycles. The summed E-state index contributed by atoms with van der Waals surface area (Å²) in [6.07, 6.45) is 0. The van der Waals surface area contributed by atoms with E-state index in [1.807, 2.05) is 0 Å². The van der Waals surface area contributed by atoms with Gasteiger partial charge in [0, 0.05) is 11.4 Å². The monoisotopic (exact) mass is 193 g/mol. The molecule has 0 rings (SSSR count). The number of nitrogens with one attached hydrogen (secondary N) is 1. The van der Waals surface area contributed by atoms with Crippen molar-refractivity contribution in [1.82, 2.24) is 5.32 Å². The van der Waals surface area contributed by atoms with Crippen LogP contribution < -0.4 is 5.32 Å². The fourth-order valence-corrected chi connectivity index (χ4v) is 0.800.